The number of hydrogen-bond donors (Lipinski definition) is 1. The molecule has 2 amide bonds. The average Bonchev–Trinajstić information content (AvgIpc) is 2.47. The molecule has 1 heterocycles. The van der Waals surface area contributed by atoms with Crippen molar-refractivity contribution in [3.63, 3.8) is 0 Å². The molecular weight excluding hydrogens is 256 g/mol. The molecule has 1 aromatic carbocycles. The molecule has 0 radical (unpaired) electrons. The first-order valence-corrected chi connectivity index (χ1v) is 6.84. The molecule has 5 nitrogen and oxygen atoms in total. The molecule has 108 valence electrons. The fraction of sp³-hybridized carbons (Fsp3) is 0.467. The van der Waals surface area contributed by atoms with Crippen molar-refractivity contribution in [3.05, 3.63) is 35.4 Å². The van der Waals surface area contributed by atoms with Gasteiger partial charge in [-0.05, 0) is 24.1 Å². The third-order valence-electron chi connectivity index (χ3n) is 3.46. The van der Waals surface area contributed by atoms with E-state index in [2.05, 4.69) is 5.32 Å². The molecule has 0 spiro atoms. The lowest BCUT2D eigenvalue weighted by Gasteiger charge is -2.34. The Hall–Kier alpha value is -1.88. The molecule has 1 saturated heterocycles. The highest BCUT2D eigenvalue weighted by molar-refractivity contribution is 5.98. The van der Waals surface area contributed by atoms with Gasteiger partial charge in [0, 0.05) is 25.8 Å². The maximum Gasteiger partial charge on any atom is 0.254 e. The van der Waals surface area contributed by atoms with Crippen LogP contribution in [-0.4, -0.2) is 43.0 Å². The van der Waals surface area contributed by atoms with E-state index in [4.69, 9.17) is 4.74 Å². The fourth-order valence-corrected chi connectivity index (χ4v) is 2.49. The van der Waals surface area contributed by atoms with E-state index in [9.17, 15) is 9.59 Å². The Morgan fingerprint density at radius 3 is 3.00 bits per heavy atom. The van der Waals surface area contributed by atoms with Crippen molar-refractivity contribution in [2.45, 2.75) is 26.0 Å². The summed E-state index contributed by atoms with van der Waals surface area (Å²) in [6, 6.07) is 6.99. The van der Waals surface area contributed by atoms with Gasteiger partial charge in [0.05, 0.1) is 6.61 Å². The van der Waals surface area contributed by atoms with Crippen molar-refractivity contribution in [1.29, 1.82) is 0 Å². The van der Waals surface area contributed by atoms with Gasteiger partial charge in [-0.3, -0.25) is 9.59 Å². The quantitative estimate of drug-likeness (QED) is 0.898. The monoisotopic (exact) mass is 276 g/mol. The van der Waals surface area contributed by atoms with Crippen molar-refractivity contribution in [2.75, 3.05) is 20.2 Å². The number of benzene rings is 1. The van der Waals surface area contributed by atoms with Gasteiger partial charge in [0.2, 0.25) is 5.91 Å². The largest absolute Gasteiger partial charge is 0.380 e. The molecule has 1 aliphatic rings. The highest BCUT2D eigenvalue weighted by Gasteiger charge is 2.31. The van der Waals surface area contributed by atoms with Gasteiger partial charge in [-0.1, -0.05) is 19.1 Å². The number of carbonyl (C=O) groups is 2. The van der Waals surface area contributed by atoms with Gasteiger partial charge in [-0.2, -0.15) is 0 Å². The van der Waals surface area contributed by atoms with Crippen LogP contribution in [0.3, 0.4) is 0 Å². The van der Waals surface area contributed by atoms with Crippen LogP contribution in [0.5, 0.6) is 0 Å². The highest BCUT2D eigenvalue weighted by Crippen LogP contribution is 2.15. The van der Waals surface area contributed by atoms with Crippen molar-refractivity contribution >= 4 is 11.8 Å². The molecule has 0 saturated carbocycles. The molecular formula is C15H20N2O3. The standard InChI is InChI=1S/C15H20N2O3/c1-3-13-14(18)16-7-8-17(13)15(19)12-6-4-5-11(9-12)10-20-2/h4-6,9,13H,3,7-8,10H2,1-2H3,(H,16,18)/t13-/m1/s1. The maximum absolute atomic E-state index is 12.6. The minimum atomic E-state index is -0.373. The van der Waals surface area contributed by atoms with Crippen LogP contribution in [0.4, 0.5) is 0 Å². The lowest BCUT2D eigenvalue weighted by molar-refractivity contribution is -0.127. The summed E-state index contributed by atoms with van der Waals surface area (Å²) in [7, 11) is 1.62. The first kappa shape index (κ1) is 14.5. The molecule has 0 unspecified atom stereocenters. The summed E-state index contributed by atoms with van der Waals surface area (Å²) in [6.45, 7) is 3.45. The van der Waals surface area contributed by atoms with Gasteiger partial charge in [0.25, 0.3) is 5.91 Å². The fourth-order valence-electron chi connectivity index (χ4n) is 2.49. The summed E-state index contributed by atoms with van der Waals surface area (Å²) in [5.74, 6) is -0.162. The Morgan fingerprint density at radius 1 is 1.50 bits per heavy atom. The van der Waals surface area contributed by atoms with E-state index in [0.717, 1.165) is 5.56 Å². The molecule has 1 atom stereocenters. The molecule has 0 bridgehead atoms. The molecule has 2 rings (SSSR count). The van der Waals surface area contributed by atoms with Crippen molar-refractivity contribution in [1.82, 2.24) is 10.2 Å². The third-order valence-corrected chi connectivity index (χ3v) is 3.46. The number of rotatable bonds is 4. The van der Waals surface area contributed by atoms with Crippen molar-refractivity contribution < 1.29 is 14.3 Å². The van der Waals surface area contributed by atoms with Crippen LogP contribution in [0.2, 0.25) is 0 Å². The number of methoxy groups -OCH3 is 1. The molecule has 0 aliphatic carbocycles. The molecule has 5 heteroatoms. The number of ether oxygens (including phenoxy) is 1. The smallest absolute Gasteiger partial charge is 0.254 e. The summed E-state index contributed by atoms with van der Waals surface area (Å²) in [5.41, 5.74) is 1.56. The van der Waals surface area contributed by atoms with Gasteiger partial charge in [-0.15, -0.1) is 0 Å². The Labute approximate surface area is 118 Å². The average molecular weight is 276 g/mol. The van der Waals surface area contributed by atoms with Crippen LogP contribution in [0.15, 0.2) is 24.3 Å². The zero-order valence-corrected chi connectivity index (χ0v) is 11.9. The SMILES string of the molecule is CC[C@@H]1C(=O)NCCN1C(=O)c1cccc(COC)c1. The van der Waals surface area contributed by atoms with E-state index in [1.165, 1.54) is 0 Å². The van der Waals surface area contributed by atoms with E-state index in [1.807, 2.05) is 25.1 Å². The highest BCUT2D eigenvalue weighted by atomic mass is 16.5. The first-order chi connectivity index (χ1) is 9.67. The minimum Gasteiger partial charge on any atom is -0.380 e. The summed E-state index contributed by atoms with van der Waals surface area (Å²) < 4.78 is 5.08. The van der Waals surface area contributed by atoms with Crippen LogP contribution in [0.1, 0.15) is 29.3 Å². The lowest BCUT2D eigenvalue weighted by atomic mass is 10.1. The predicted octanol–water partition coefficient (Wildman–Crippen LogP) is 1.18. The number of amides is 2. The molecule has 1 N–H and O–H groups in total. The van der Waals surface area contributed by atoms with Gasteiger partial charge in [-0.25, -0.2) is 0 Å². The summed E-state index contributed by atoms with van der Waals surface area (Å²) >= 11 is 0. The number of nitrogens with one attached hydrogen (secondary N) is 1. The Morgan fingerprint density at radius 2 is 2.30 bits per heavy atom. The lowest BCUT2D eigenvalue weighted by Crippen LogP contribution is -2.56. The van der Waals surface area contributed by atoms with Gasteiger partial charge >= 0.3 is 0 Å². The second-order valence-corrected chi connectivity index (χ2v) is 4.85. The Bertz CT molecular complexity index is 502. The van der Waals surface area contributed by atoms with Crippen LogP contribution in [-0.2, 0) is 16.1 Å². The Kier molecular flexibility index (Phi) is 4.74. The van der Waals surface area contributed by atoms with Crippen molar-refractivity contribution in [2.24, 2.45) is 0 Å². The topological polar surface area (TPSA) is 58.6 Å². The Balaban J connectivity index is 2.21. The van der Waals surface area contributed by atoms with Crippen LogP contribution in [0.25, 0.3) is 0 Å². The zero-order chi connectivity index (χ0) is 14.5. The summed E-state index contributed by atoms with van der Waals surface area (Å²) in [4.78, 5) is 26.0. The van der Waals surface area contributed by atoms with E-state index >= 15 is 0 Å². The second kappa shape index (κ2) is 6.52. The number of carbonyl (C=O) groups excluding carboxylic acids is 2. The van der Waals surface area contributed by atoms with E-state index in [0.29, 0.717) is 31.7 Å². The van der Waals surface area contributed by atoms with E-state index in [-0.39, 0.29) is 17.9 Å². The second-order valence-electron chi connectivity index (χ2n) is 4.85. The maximum atomic E-state index is 12.6. The molecule has 1 aliphatic heterocycles. The van der Waals surface area contributed by atoms with E-state index < -0.39 is 0 Å². The summed E-state index contributed by atoms with van der Waals surface area (Å²) in [6.07, 6.45) is 0.620. The van der Waals surface area contributed by atoms with Gasteiger partial charge in [0.1, 0.15) is 6.04 Å². The third kappa shape index (κ3) is 2.99. The predicted molar refractivity (Wildman–Crippen MR) is 75.3 cm³/mol. The van der Waals surface area contributed by atoms with Crippen LogP contribution in [0, 0.1) is 0 Å². The first-order valence-electron chi connectivity index (χ1n) is 6.84. The number of nitrogens with zero attached hydrogens (tertiary/aromatic N) is 1. The van der Waals surface area contributed by atoms with Crippen molar-refractivity contribution in [3.8, 4) is 0 Å². The van der Waals surface area contributed by atoms with Crippen LogP contribution < -0.4 is 5.32 Å². The molecule has 0 aromatic heterocycles. The van der Waals surface area contributed by atoms with Crippen LogP contribution >= 0.6 is 0 Å². The minimum absolute atomic E-state index is 0.0693. The molecule has 1 aromatic rings. The number of piperazine rings is 1. The summed E-state index contributed by atoms with van der Waals surface area (Å²) in [5, 5.41) is 2.80. The van der Waals surface area contributed by atoms with Gasteiger partial charge in [0.15, 0.2) is 0 Å². The van der Waals surface area contributed by atoms with E-state index in [1.54, 1.807) is 18.1 Å². The molecule has 20 heavy (non-hydrogen) atoms. The zero-order valence-electron chi connectivity index (χ0n) is 11.9. The van der Waals surface area contributed by atoms with Gasteiger partial charge < -0.3 is 15.0 Å². The number of hydrogen-bond acceptors (Lipinski definition) is 3. The normalized spacial score (nSPS) is 18.8. The molecule has 1 fully saturated rings.